The number of carbonyl (C=O) groups excluding carboxylic acids is 1. The van der Waals surface area contributed by atoms with Crippen molar-refractivity contribution in [1.82, 2.24) is 0 Å². The van der Waals surface area contributed by atoms with Gasteiger partial charge in [-0.25, -0.2) is 0 Å². The number of fused-ring (bicyclic) bond motifs is 1. The van der Waals surface area contributed by atoms with Crippen LogP contribution in [0, 0.1) is 0 Å². The first-order valence-corrected chi connectivity index (χ1v) is 8.00. The Morgan fingerprint density at radius 2 is 1.95 bits per heavy atom. The molecule has 0 saturated heterocycles. The molecule has 0 bridgehead atoms. The molecule has 2 aromatic rings. The molecule has 102 valence electrons. The summed E-state index contributed by atoms with van der Waals surface area (Å²) in [5.74, 6) is 0.738. The Labute approximate surface area is 134 Å². The number of carbonyl (C=O) groups is 1. The molecule has 3 rings (SSSR count). The van der Waals surface area contributed by atoms with E-state index in [1.165, 1.54) is 0 Å². The van der Waals surface area contributed by atoms with Gasteiger partial charge in [-0.15, -0.1) is 0 Å². The second-order valence-corrected chi connectivity index (χ2v) is 6.47. The number of aryl methyl sites for hydroxylation is 1. The number of hydrogen-bond acceptors (Lipinski definition) is 2. The Balaban J connectivity index is 2.07. The molecule has 0 N–H and O–H groups in total. The third-order valence-corrected chi connectivity index (χ3v) is 4.50. The highest BCUT2D eigenvalue weighted by Crippen LogP contribution is 2.32. The zero-order chi connectivity index (χ0) is 14.1. The number of ketones is 1. The van der Waals surface area contributed by atoms with Crippen molar-refractivity contribution in [2.75, 3.05) is 6.61 Å². The van der Waals surface area contributed by atoms with E-state index in [9.17, 15) is 4.79 Å². The summed E-state index contributed by atoms with van der Waals surface area (Å²) in [6, 6.07) is 11.4. The van der Waals surface area contributed by atoms with Gasteiger partial charge in [0.15, 0.2) is 5.78 Å². The maximum Gasteiger partial charge on any atom is 0.197 e. The van der Waals surface area contributed by atoms with Crippen molar-refractivity contribution in [1.29, 1.82) is 0 Å². The smallest absolute Gasteiger partial charge is 0.197 e. The lowest BCUT2D eigenvalue weighted by Gasteiger charge is -2.20. The lowest BCUT2D eigenvalue weighted by atomic mass is 9.97. The molecule has 0 atom stereocenters. The monoisotopic (exact) mass is 394 g/mol. The van der Waals surface area contributed by atoms with E-state index in [2.05, 4.69) is 31.9 Å². The number of benzene rings is 2. The number of halogens is 2. The zero-order valence-electron chi connectivity index (χ0n) is 10.7. The summed E-state index contributed by atoms with van der Waals surface area (Å²) < 4.78 is 7.44. The molecular formula is C16H12Br2O2. The van der Waals surface area contributed by atoms with Crippen molar-refractivity contribution >= 4 is 37.6 Å². The number of hydrogen-bond donors (Lipinski definition) is 0. The van der Waals surface area contributed by atoms with Crippen LogP contribution in [0.5, 0.6) is 5.75 Å². The Morgan fingerprint density at radius 3 is 2.75 bits per heavy atom. The summed E-state index contributed by atoms with van der Waals surface area (Å²) in [6.45, 7) is 0.679. The van der Waals surface area contributed by atoms with Crippen molar-refractivity contribution in [3.8, 4) is 5.75 Å². The van der Waals surface area contributed by atoms with Crippen LogP contribution in [-0.2, 0) is 6.42 Å². The summed E-state index contributed by atoms with van der Waals surface area (Å²) in [6.07, 6.45) is 1.98. The van der Waals surface area contributed by atoms with Gasteiger partial charge in [-0.05, 0) is 58.6 Å². The molecule has 20 heavy (non-hydrogen) atoms. The van der Waals surface area contributed by atoms with Crippen LogP contribution in [0.1, 0.15) is 27.9 Å². The molecule has 0 fully saturated rings. The first-order valence-electron chi connectivity index (χ1n) is 6.41. The van der Waals surface area contributed by atoms with Crippen LogP contribution in [0.4, 0.5) is 0 Å². The van der Waals surface area contributed by atoms with Gasteiger partial charge in [-0.1, -0.05) is 28.1 Å². The first kappa shape index (κ1) is 13.8. The van der Waals surface area contributed by atoms with Crippen LogP contribution in [-0.4, -0.2) is 12.4 Å². The van der Waals surface area contributed by atoms with Crippen LogP contribution < -0.4 is 4.74 Å². The summed E-state index contributed by atoms with van der Waals surface area (Å²) in [7, 11) is 0. The van der Waals surface area contributed by atoms with Crippen molar-refractivity contribution < 1.29 is 9.53 Å². The van der Waals surface area contributed by atoms with Gasteiger partial charge in [0.25, 0.3) is 0 Å². The number of ether oxygens (including phenoxy) is 1. The summed E-state index contributed by atoms with van der Waals surface area (Å²) in [5.41, 5.74) is 2.41. The van der Waals surface area contributed by atoms with Gasteiger partial charge in [-0.2, -0.15) is 0 Å². The largest absolute Gasteiger partial charge is 0.493 e. The molecule has 0 saturated carbocycles. The fourth-order valence-electron chi connectivity index (χ4n) is 2.39. The molecular weight excluding hydrogens is 384 g/mol. The van der Waals surface area contributed by atoms with E-state index in [4.69, 9.17) is 4.74 Å². The molecule has 1 aliphatic rings. The minimum absolute atomic E-state index is 0.0110. The van der Waals surface area contributed by atoms with E-state index < -0.39 is 0 Å². The zero-order valence-corrected chi connectivity index (χ0v) is 13.8. The molecule has 0 radical (unpaired) electrons. The number of rotatable bonds is 2. The summed E-state index contributed by atoms with van der Waals surface area (Å²) in [4.78, 5) is 12.7. The molecule has 0 spiro atoms. The fourth-order valence-corrected chi connectivity index (χ4v) is 3.61. The van der Waals surface area contributed by atoms with Crippen molar-refractivity contribution in [3.63, 3.8) is 0 Å². The summed E-state index contributed by atoms with van der Waals surface area (Å²) >= 11 is 6.85. The third kappa shape index (κ3) is 2.54. The van der Waals surface area contributed by atoms with Gasteiger partial charge < -0.3 is 4.74 Å². The Kier molecular flexibility index (Phi) is 3.94. The van der Waals surface area contributed by atoms with E-state index in [1.54, 1.807) is 0 Å². The Morgan fingerprint density at radius 1 is 1.10 bits per heavy atom. The first-order chi connectivity index (χ1) is 9.66. The molecule has 4 heteroatoms. The normalized spacial score (nSPS) is 13.5. The van der Waals surface area contributed by atoms with Crippen LogP contribution in [0.2, 0.25) is 0 Å². The maximum absolute atomic E-state index is 12.7. The van der Waals surface area contributed by atoms with E-state index in [1.807, 2.05) is 36.4 Å². The lowest BCUT2D eigenvalue weighted by Crippen LogP contribution is -2.13. The van der Waals surface area contributed by atoms with E-state index in [-0.39, 0.29) is 5.78 Å². The fraction of sp³-hybridized carbons (Fsp3) is 0.188. The van der Waals surface area contributed by atoms with Gasteiger partial charge in [0.2, 0.25) is 0 Å². The minimum atomic E-state index is -0.0110. The second kappa shape index (κ2) is 5.70. The Hall–Kier alpha value is -1.13. The average molecular weight is 396 g/mol. The molecule has 2 nitrogen and oxygen atoms in total. The maximum atomic E-state index is 12.7. The molecule has 0 amide bonds. The highest BCUT2D eigenvalue weighted by atomic mass is 79.9. The molecule has 0 aromatic heterocycles. The second-order valence-electron chi connectivity index (χ2n) is 4.70. The van der Waals surface area contributed by atoms with Gasteiger partial charge in [0.1, 0.15) is 5.75 Å². The van der Waals surface area contributed by atoms with Crippen molar-refractivity contribution in [2.45, 2.75) is 12.8 Å². The van der Waals surface area contributed by atoms with Crippen molar-refractivity contribution in [2.24, 2.45) is 0 Å². The quantitative estimate of drug-likeness (QED) is 0.684. The predicted molar refractivity (Wildman–Crippen MR) is 85.5 cm³/mol. The average Bonchev–Trinajstić information content (AvgIpc) is 2.46. The standard InChI is InChI=1S/C16H12Br2O2/c17-11-6-7-12(14(18)9-11)15(19)13-5-1-3-10-4-2-8-20-16(10)13/h1,3,5-7,9H,2,4,8H2. The number of para-hydroxylation sites is 1. The van der Waals surface area contributed by atoms with Gasteiger partial charge in [-0.3, -0.25) is 4.79 Å². The van der Waals surface area contributed by atoms with Gasteiger partial charge in [0, 0.05) is 14.5 Å². The van der Waals surface area contributed by atoms with Crippen LogP contribution in [0.3, 0.4) is 0 Å². The summed E-state index contributed by atoms with van der Waals surface area (Å²) in [5, 5.41) is 0. The van der Waals surface area contributed by atoms with Crippen LogP contribution >= 0.6 is 31.9 Å². The lowest BCUT2D eigenvalue weighted by molar-refractivity contribution is 0.103. The third-order valence-electron chi connectivity index (χ3n) is 3.35. The molecule has 0 aliphatic carbocycles. The molecule has 2 aromatic carbocycles. The van der Waals surface area contributed by atoms with Crippen molar-refractivity contribution in [3.05, 3.63) is 62.0 Å². The molecule has 1 heterocycles. The van der Waals surface area contributed by atoms with Gasteiger partial charge in [0.05, 0.1) is 12.2 Å². The minimum Gasteiger partial charge on any atom is -0.493 e. The van der Waals surface area contributed by atoms with Gasteiger partial charge >= 0.3 is 0 Å². The topological polar surface area (TPSA) is 26.3 Å². The van der Waals surface area contributed by atoms with Crippen LogP contribution in [0.15, 0.2) is 45.3 Å². The predicted octanol–water partition coefficient (Wildman–Crippen LogP) is 4.77. The van der Waals surface area contributed by atoms with E-state index >= 15 is 0 Å². The highest BCUT2D eigenvalue weighted by Gasteiger charge is 2.21. The van der Waals surface area contributed by atoms with Crippen LogP contribution in [0.25, 0.3) is 0 Å². The molecule has 0 unspecified atom stereocenters. The Bertz CT molecular complexity index is 680. The van der Waals surface area contributed by atoms with E-state index in [0.717, 1.165) is 33.1 Å². The molecule has 1 aliphatic heterocycles. The highest BCUT2D eigenvalue weighted by molar-refractivity contribution is 9.11. The SMILES string of the molecule is O=C(c1ccc(Br)cc1Br)c1cccc2c1OCCC2. The van der Waals surface area contributed by atoms with E-state index in [0.29, 0.717) is 17.7 Å².